The van der Waals surface area contributed by atoms with Gasteiger partial charge in [-0.3, -0.25) is 9.59 Å². The molecule has 57 heavy (non-hydrogen) atoms. The molecular formula is C46H74O11. The maximum Gasteiger partial charge on any atom is 0.335 e. The lowest BCUT2D eigenvalue weighted by molar-refractivity contribution is -0.298. The number of aliphatic carboxylic acids is 1. The fraction of sp³-hybridized carbons (Fsp3) is 0.674. The van der Waals surface area contributed by atoms with Gasteiger partial charge >= 0.3 is 17.9 Å². The third-order valence-electron chi connectivity index (χ3n) is 9.30. The van der Waals surface area contributed by atoms with Gasteiger partial charge in [0.1, 0.15) is 24.9 Å². The molecule has 1 rings (SSSR count). The Hall–Kier alpha value is -3.35. The van der Waals surface area contributed by atoms with E-state index in [9.17, 15) is 34.8 Å². The Bertz CT molecular complexity index is 1220. The summed E-state index contributed by atoms with van der Waals surface area (Å²) in [7, 11) is 0. The molecular weight excluding hydrogens is 728 g/mol. The SMILES string of the molecule is CC/C=C\C/C=C\C/C=C\C/C=C\CCC(=O)OCC(COC1OC(C(=O)O)C(O)C(O)C1O)OC(=O)CCCCCCCCC/C=C\C/C=C\CCCCCC. The van der Waals surface area contributed by atoms with E-state index in [4.69, 9.17) is 18.9 Å². The lowest BCUT2D eigenvalue weighted by Gasteiger charge is -2.38. The highest BCUT2D eigenvalue weighted by molar-refractivity contribution is 5.73. The minimum atomic E-state index is -1.87. The summed E-state index contributed by atoms with van der Waals surface area (Å²) in [5.41, 5.74) is 0. The maximum atomic E-state index is 12.7. The molecule has 11 nitrogen and oxygen atoms in total. The van der Waals surface area contributed by atoms with Gasteiger partial charge in [0.15, 0.2) is 18.5 Å². The van der Waals surface area contributed by atoms with Crippen molar-refractivity contribution in [3.63, 3.8) is 0 Å². The first-order valence-electron chi connectivity index (χ1n) is 21.5. The van der Waals surface area contributed by atoms with Crippen LogP contribution in [0.1, 0.15) is 149 Å². The van der Waals surface area contributed by atoms with Gasteiger partial charge in [-0.1, -0.05) is 138 Å². The molecule has 0 spiro atoms. The summed E-state index contributed by atoms with van der Waals surface area (Å²) >= 11 is 0. The molecule has 0 aliphatic carbocycles. The van der Waals surface area contributed by atoms with E-state index in [1.54, 1.807) is 0 Å². The summed E-state index contributed by atoms with van der Waals surface area (Å²) in [5.74, 6) is -2.57. The number of allylic oxidation sites excluding steroid dienone is 12. The van der Waals surface area contributed by atoms with Crippen molar-refractivity contribution in [2.45, 2.75) is 185 Å². The molecule has 4 N–H and O–H groups in total. The largest absolute Gasteiger partial charge is 0.479 e. The van der Waals surface area contributed by atoms with Crippen LogP contribution in [0.2, 0.25) is 0 Å². The quantitative estimate of drug-likeness (QED) is 0.0278. The highest BCUT2D eigenvalue weighted by atomic mass is 16.7. The van der Waals surface area contributed by atoms with Crippen LogP contribution in [0, 0.1) is 0 Å². The van der Waals surface area contributed by atoms with Crippen LogP contribution in [0.3, 0.4) is 0 Å². The Morgan fingerprint density at radius 1 is 0.561 bits per heavy atom. The number of carboxylic acid groups (broad SMARTS) is 1. The van der Waals surface area contributed by atoms with Crippen molar-refractivity contribution in [1.82, 2.24) is 0 Å². The van der Waals surface area contributed by atoms with E-state index in [1.165, 1.54) is 44.9 Å². The van der Waals surface area contributed by atoms with Crippen LogP contribution in [0.5, 0.6) is 0 Å². The van der Waals surface area contributed by atoms with Gasteiger partial charge in [0.05, 0.1) is 6.61 Å². The third-order valence-corrected chi connectivity index (χ3v) is 9.30. The molecule has 1 aliphatic heterocycles. The summed E-state index contributed by atoms with van der Waals surface area (Å²) < 4.78 is 21.6. The molecule has 0 aromatic carbocycles. The molecule has 6 unspecified atom stereocenters. The highest BCUT2D eigenvalue weighted by Gasteiger charge is 2.47. The zero-order valence-electron chi connectivity index (χ0n) is 34.8. The van der Waals surface area contributed by atoms with Gasteiger partial charge in [0.2, 0.25) is 0 Å². The fourth-order valence-electron chi connectivity index (χ4n) is 5.92. The number of esters is 2. The molecule has 0 radical (unpaired) electrons. The summed E-state index contributed by atoms with van der Waals surface area (Å²) in [5, 5.41) is 39.7. The van der Waals surface area contributed by atoms with Gasteiger partial charge in [0.25, 0.3) is 0 Å². The predicted molar refractivity (Wildman–Crippen MR) is 224 cm³/mol. The number of carbonyl (C=O) groups excluding carboxylic acids is 2. The lowest BCUT2D eigenvalue weighted by atomic mass is 9.99. The Morgan fingerprint density at radius 3 is 1.63 bits per heavy atom. The van der Waals surface area contributed by atoms with Crippen LogP contribution < -0.4 is 0 Å². The number of carbonyl (C=O) groups is 3. The molecule has 0 aromatic rings. The predicted octanol–water partition coefficient (Wildman–Crippen LogP) is 8.92. The molecule has 6 atom stereocenters. The van der Waals surface area contributed by atoms with Gasteiger partial charge in [-0.05, 0) is 70.6 Å². The summed E-state index contributed by atoms with van der Waals surface area (Å²) in [6.45, 7) is 3.59. The molecule has 1 saturated heterocycles. The maximum absolute atomic E-state index is 12.7. The van der Waals surface area contributed by atoms with Crippen LogP contribution in [-0.4, -0.2) is 88.4 Å². The number of carboxylic acids is 1. The average molecular weight is 803 g/mol. The first-order valence-corrected chi connectivity index (χ1v) is 21.5. The van der Waals surface area contributed by atoms with Crippen LogP contribution in [0.4, 0.5) is 0 Å². The molecule has 1 heterocycles. The Kier molecular flexibility index (Phi) is 32.4. The number of rotatable bonds is 34. The second-order valence-corrected chi connectivity index (χ2v) is 14.4. The van der Waals surface area contributed by atoms with E-state index in [0.717, 1.165) is 64.2 Å². The average Bonchev–Trinajstić information content (AvgIpc) is 3.19. The van der Waals surface area contributed by atoms with Crippen LogP contribution in [0.15, 0.2) is 72.9 Å². The Morgan fingerprint density at radius 2 is 1.07 bits per heavy atom. The van der Waals surface area contributed by atoms with E-state index in [2.05, 4.69) is 74.6 Å². The standard InChI is InChI=1S/C46H74O11/c1-3-5-7-9-11-13-15-17-18-19-20-21-23-25-27-29-31-33-35-40(48)56-38(37-55-46-43(51)41(49)42(50)44(57-46)45(52)53)36-54-39(47)34-32-30-28-26-24-22-16-14-12-10-8-6-4-2/h6,8,12-15,18-19,22,24,28,30,38,41-44,46,49-51H,3-5,7,9-11,16-17,20-21,23,25-27,29,31-37H2,1-2H3,(H,52,53)/b8-6-,14-12-,15-13-,19-18-,24-22-,30-28-. The molecule has 324 valence electrons. The molecule has 1 fully saturated rings. The summed E-state index contributed by atoms with van der Waals surface area (Å²) in [6.07, 6.45) is 35.4. The van der Waals surface area contributed by atoms with Crippen molar-refractivity contribution in [2.75, 3.05) is 13.2 Å². The smallest absolute Gasteiger partial charge is 0.335 e. The second-order valence-electron chi connectivity index (χ2n) is 14.4. The van der Waals surface area contributed by atoms with Gasteiger partial charge < -0.3 is 39.4 Å². The van der Waals surface area contributed by atoms with Gasteiger partial charge in [-0.25, -0.2) is 4.79 Å². The molecule has 1 aliphatic rings. The van der Waals surface area contributed by atoms with Crippen molar-refractivity contribution in [3.05, 3.63) is 72.9 Å². The number of hydrogen-bond acceptors (Lipinski definition) is 10. The van der Waals surface area contributed by atoms with E-state index < -0.39 is 61.3 Å². The van der Waals surface area contributed by atoms with Crippen molar-refractivity contribution < 1.29 is 53.8 Å². The van der Waals surface area contributed by atoms with E-state index in [-0.39, 0.29) is 19.4 Å². The topological polar surface area (TPSA) is 169 Å². The number of hydrogen-bond donors (Lipinski definition) is 4. The van der Waals surface area contributed by atoms with Gasteiger partial charge in [-0.2, -0.15) is 0 Å². The molecule has 0 saturated carbocycles. The van der Waals surface area contributed by atoms with Crippen LogP contribution >= 0.6 is 0 Å². The lowest BCUT2D eigenvalue weighted by Crippen LogP contribution is -2.60. The summed E-state index contributed by atoms with van der Waals surface area (Å²) in [6, 6.07) is 0. The number of aliphatic hydroxyl groups is 3. The molecule has 11 heteroatoms. The molecule has 0 amide bonds. The molecule has 0 aromatic heterocycles. The van der Waals surface area contributed by atoms with E-state index in [1.807, 2.05) is 12.2 Å². The van der Waals surface area contributed by atoms with E-state index in [0.29, 0.717) is 12.8 Å². The second kappa shape index (κ2) is 35.8. The summed E-state index contributed by atoms with van der Waals surface area (Å²) in [4.78, 5) is 36.7. The van der Waals surface area contributed by atoms with Crippen LogP contribution in [-0.2, 0) is 33.3 Å². The first-order chi connectivity index (χ1) is 27.7. The van der Waals surface area contributed by atoms with Crippen molar-refractivity contribution in [1.29, 1.82) is 0 Å². The minimum absolute atomic E-state index is 0.109. The normalized spacial score (nSPS) is 20.9. The van der Waals surface area contributed by atoms with Gasteiger partial charge in [0, 0.05) is 12.8 Å². The van der Waals surface area contributed by atoms with Gasteiger partial charge in [-0.15, -0.1) is 0 Å². The zero-order valence-corrected chi connectivity index (χ0v) is 34.8. The Balaban J connectivity index is 2.44. The first kappa shape index (κ1) is 51.7. The van der Waals surface area contributed by atoms with Crippen molar-refractivity contribution in [2.24, 2.45) is 0 Å². The number of ether oxygens (including phenoxy) is 4. The fourth-order valence-corrected chi connectivity index (χ4v) is 5.92. The third kappa shape index (κ3) is 27.8. The molecule has 0 bridgehead atoms. The highest BCUT2D eigenvalue weighted by Crippen LogP contribution is 2.23. The Labute approximate surface area is 342 Å². The van der Waals surface area contributed by atoms with Crippen molar-refractivity contribution >= 4 is 17.9 Å². The minimum Gasteiger partial charge on any atom is -0.479 e. The monoisotopic (exact) mass is 803 g/mol. The van der Waals surface area contributed by atoms with Crippen molar-refractivity contribution in [3.8, 4) is 0 Å². The number of aliphatic hydroxyl groups excluding tert-OH is 3. The zero-order chi connectivity index (χ0) is 41.8. The number of unbranched alkanes of at least 4 members (excludes halogenated alkanes) is 11. The van der Waals surface area contributed by atoms with Crippen LogP contribution in [0.25, 0.3) is 0 Å². The van der Waals surface area contributed by atoms with E-state index >= 15 is 0 Å².